The van der Waals surface area contributed by atoms with Crippen molar-refractivity contribution in [3.8, 4) is 11.1 Å². The second-order valence-electron chi connectivity index (χ2n) is 9.78. The van der Waals surface area contributed by atoms with Crippen molar-refractivity contribution in [3.63, 3.8) is 0 Å². The largest absolute Gasteiger partial charge is 0.481 e. The molecule has 0 bridgehead atoms. The van der Waals surface area contributed by atoms with E-state index in [4.69, 9.17) is 4.74 Å². The summed E-state index contributed by atoms with van der Waals surface area (Å²) >= 11 is 0. The third-order valence-corrected chi connectivity index (χ3v) is 7.12. The number of rotatable bonds is 8. The van der Waals surface area contributed by atoms with E-state index in [0.29, 0.717) is 32.4 Å². The smallest absolute Gasteiger partial charge is 0.407 e. The third-order valence-electron chi connectivity index (χ3n) is 7.12. The van der Waals surface area contributed by atoms with Gasteiger partial charge in [-0.3, -0.25) is 9.59 Å². The quantitative estimate of drug-likeness (QED) is 0.608. The van der Waals surface area contributed by atoms with Crippen LogP contribution in [-0.2, 0) is 14.3 Å². The summed E-state index contributed by atoms with van der Waals surface area (Å²) in [6, 6.07) is 16.4. The van der Waals surface area contributed by atoms with Gasteiger partial charge in [0, 0.05) is 32.0 Å². The lowest BCUT2D eigenvalue weighted by Gasteiger charge is -2.21. The summed E-state index contributed by atoms with van der Waals surface area (Å²) in [5.74, 6) is -0.800. The normalized spacial score (nSPS) is 19.9. The van der Waals surface area contributed by atoms with Crippen molar-refractivity contribution >= 4 is 18.0 Å². The molecule has 180 valence electrons. The molecular formula is C27H32N2O5. The Bertz CT molecular complexity index is 1040. The van der Waals surface area contributed by atoms with E-state index in [0.717, 1.165) is 0 Å². The van der Waals surface area contributed by atoms with Gasteiger partial charge in [0.15, 0.2) is 0 Å². The van der Waals surface area contributed by atoms with E-state index in [1.54, 1.807) is 11.8 Å². The average molecular weight is 465 g/mol. The van der Waals surface area contributed by atoms with Gasteiger partial charge in [-0.2, -0.15) is 0 Å². The number of carboxylic acids is 1. The Morgan fingerprint density at radius 1 is 1.12 bits per heavy atom. The van der Waals surface area contributed by atoms with E-state index in [9.17, 15) is 19.5 Å². The molecule has 2 aliphatic rings. The molecule has 34 heavy (non-hydrogen) atoms. The predicted molar refractivity (Wildman–Crippen MR) is 128 cm³/mol. The van der Waals surface area contributed by atoms with Gasteiger partial charge >= 0.3 is 12.1 Å². The number of nitrogens with zero attached hydrogens (tertiary/aromatic N) is 1. The second kappa shape index (κ2) is 9.87. The van der Waals surface area contributed by atoms with Gasteiger partial charge in [0.05, 0.1) is 5.41 Å². The lowest BCUT2D eigenvalue weighted by molar-refractivity contribution is -0.147. The first-order chi connectivity index (χ1) is 16.3. The molecule has 1 fully saturated rings. The maximum atomic E-state index is 12.5. The first-order valence-electron chi connectivity index (χ1n) is 11.9. The molecule has 1 aliphatic carbocycles. The van der Waals surface area contributed by atoms with E-state index >= 15 is 0 Å². The highest BCUT2D eigenvalue weighted by Crippen LogP contribution is 2.44. The number of hydrogen-bond donors (Lipinski definition) is 2. The van der Waals surface area contributed by atoms with Gasteiger partial charge in [-0.25, -0.2) is 4.79 Å². The highest BCUT2D eigenvalue weighted by atomic mass is 16.5. The van der Waals surface area contributed by atoms with E-state index in [1.165, 1.54) is 22.3 Å². The SMILES string of the molecule is CC(CCNC(=O)OCC1c2ccccc2-c2ccccc21)CC(=O)N1CCC(C)(C(=O)O)C1. The Kier molecular flexibility index (Phi) is 6.91. The summed E-state index contributed by atoms with van der Waals surface area (Å²) in [5.41, 5.74) is 3.86. The lowest BCUT2D eigenvalue weighted by atomic mass is 9.90. The highest BCUT2D eigenvalue weighted by molar-refractivity contribution is 5.81. The van der Waals surface area contributed by atoms with Crippen molar-refractivity contribution < 1.29 is 24.2 Å². The summed E-state index contributed by atoms with van der Waals surface area (Å²) < 4.78 is 5.55. The zero-order chi connectivity index (χ0) is 24.3. The number of carboxylic acid groups (broad SMARTS) is 1. The summed E-state index contributed by atoms with van der Waals surface area (Å²) in [6.07, 6.45) is 0.991. The molecule has 1 aliphatic heterocycles. The maximum Gasteiger partial charge on any atom is 0.407 e. The Labute approximate surface area is 200 Å². The van der Waals surface area contributed by atoms with Crippen molar-refractivity contribution in [1.29, 1.82) is 0 Å². The molecule has 0 saturated carbocycles. The maximum absolute atomic E-state index is 12.5. The molecule has 0 aromatic heterocycles. The Balaban J connectivity index is 1.20. The van der Waals surface area contributed by atoms with Crippen LogP contribution < -0.4 is 5.32 Å². The third kappa shape index (κ3) is 4.93. The summed E-state index contributed by atoms with van der Waals surface area (Å²) in [7, 11) is 0. The predicted octanol–water partition coefficient (Wildman–Crippen LogP) is 4.26. The fourth-order valence-electron chi connectivity index (χ4n) is 4.95. The molecule has 2 N–H and O–H groups in total. The van der Waals surface area contributed by atoms with Crippen LogP contribution in [0, 0.1) is 11.3 Å². The molecule has 1 saturated heterocycles. The Morgan fingerprint density at radius 3 is 2.32 bits per heavy atom. The molecule has 1 heterocycles. The standard InChI is InChI=1S/C27H32N2O5/c1-18(15-24(30)29-14-12-27(2,17-29)25(31)32)11-13-28-26(33)34-16-23-21-9-5-3-7-19(21)20-8-4-6-10-22(20)23/h3-10,18,23H,11-17H2,1-2H3,(H,28,33)(H,31,32). The topological polar surface area (TPSA) is 95.9 Å². The highest BCUT2D eigenvalue weighted by Gasteiger charge is 2.42. The fourth-order valence-corrected chi connectivity index (χ4v) is 4.95. The average Bonchev–Trinajstić information content (AvgIpc) is 3.37. The number of benzene rings is 2. The molecule has 7 nitrogen and oxygen atoms in total. The number of fused-ring (bicyclic) bond motifs is 3. The number of aliphatic carboxylic acids is 1. The van der Waals surface area contributed by atoms with Gasteiger partial charge in [-0.15, -0.1) is 0 Å². The number of hydrogen-bond acceptors (Lipinski definition) is 4. The van der Waals surface area contributed by atoms with E-state index in [2.05, 4.69) is 29.6 Å². The number of carbonyl (C=O) groups is 3. The van der Waals surface area contributed by atoms with Crippen LogP contribution in [0.3, 0.4) is 0 Å². The minimum absolute atomic E-state index is 0.0200. The monoisotopic (exact) mass is 464 g/mol. The van der Waals surface area contributed by atoms with E-state index in [1.807, 2.05) is 31.2 Å². The van der Waals surface area contributed by atoms with Crippen LogP contribution in [-0.4, -0.2) is 54.2 Å². The van der Waals surface area contributed by atoms with Gasteiger partial charge in [0.25, 0.3) is 0 Å². The molecule has 2 unspecified atom stereocenters. The van der Waals surface area contributed by atoms with Crippen LogP contribution in [0.1, 0.15) is 50.2 Å². The van der Waals surface area contributed by atoms with Gasteiger partial charge in [0.2, 0.25) is 5.91 Å². The number of amides is 2. The van der Waals surface area contributed by atoms with Gasteiger partial charge < -0.3 is 20.1 Å². The molecule has 7 heteroatoms. The number of ether oxygens (including phenoxy) is 1. The van der Waals surface area contributed by atoms with Crippen molar-refractivity contribution in [2.24, 2.45) is 11.3 Å². The zero-order valence-corrected chi connectivity index (χ0v) is 19.8. The fraction of sp³-hybridized carbons (Fsp3) is 0.444. The first-order valence-corrected chi connectivity index (χ1v) is 11.9. The summed E-state index contributed by atoms with van der Waals surface area (Å²) in [4.78, 5) is 37.9. The van der Waals surface area contributed by atoms with Crippen LogP contribution in [0.2, 0.25) is 0 Å². The van der Waals surface area contributed by atoms with Crippen LogP contribution >= 0.6 is 0 Å². The van der Waals surface area contributed by atoms with Gasteiger partial charge in [-0.05, 0) is 47.9 Å². The summed E-state index contributed by atoms with van der Waals surface area (Å²) in [5, 5.41) is 12.1. The second-order valence-corrected chi connectivity index (χ2v) is 9.78. The van der Waals surface area contributed by atoms with Crippen LogP contribution in [0.25, 0.3) is 11.1 Å². The molecule has 2 atom stereocenters. The molecule has 0 radical (unpaired) electrons. The van der Waals surface area contributed by atoms with E-state index in [-0.39, 0.29) is 30.9 Å². The first kappa shape index (κ1) is 23.8. The number of alkyl carbamates (subject to hydrolysis) is 1. The number of carbonyl (C=O) groups excluding carboxylic acids is 2. The molecule has 2 aromatic rings. The van der Waals surface area contributed by atoms with Gasteiger partial charge in [0.1, 0.15) is 6.61 Å². The van der Waals surface area contributed by atoms with Crippen LogP contribution in [0.15, 0.2) is 48.5 Å². The van der Waals surface area contributed by atoms with Crippen molar-refractivity contribution in [2.45, 2.75) is 39.0 Å². The van der Waals surface area contributed by atoms with Crippen molar-refractivity contribution in [2.75, 3.05) is 26.2 Å². The van der Waals surface area contributed by atoms with Crippen LogP contribution in [0.5, 0.6) is 0 Å². The molecular weight excluding hydrogens is 432 g/mol. The van der Waals surface area contributed by atoms with Crippen molar-refractivity contribution in [1.82, 2.24) is 10.2 Å². The lowest BCUT2D eigenvalue weighted by Crippen LogP contribution is -2.35. The minimum Gasteiger partial charge on any atom is -0.481 e. The van der Waals surface area contributed by atoms with Crippen molar-refractivity contribution in [3.05, 3.63) is 59.7 Å². The molecule has 4 rings (SSSR count). The minimum atomic E-state index is -0.858. The Hall–Kier alpha value is -3.35. The molecule has 2 aromatic carbocycles. The molecule has 0 spiro atoms. The zero-order valence-electron chi connectivity index (χ0n) is 19.8. The Morgan fingerprint density at radius 2 is 1.74 bits per heavy atom. The van der Waals surface area contributed by atoms with Gasteiger partial charge in [-0.1, -0.05) is 55.5 Å². The number of nitrogens with one attached hydrogen (secondary N) is 1. The summed E-state index contributed by atoms with van der Waals surface area (Å²) in [6.45, 7) is 5.06. The van der Waals surface area contributed by atoms with Crippen LogP contribution in [0.4, 0.5) is 4.79 Å². The van der Waals surface area contributed by atoms with E-state index < -0.39 is 17.5 Å². The number of likely N-dealkylation sites (tertiary alicyclic amines) is 1. The molecule has 2 amide bonds.